The van der Waals surface area contributed by atoms with Gasteiger partial charge in [0, 0.05) is 17.6 Å². The molecule has 0 radical (unpaired) electrons. The summed E-state index contributed by atoms with van der Waals surface area (Å²) in [6.07, 6.45) is 0.255. The molecule has 0 aliphatic carbocycles. The van der Waals surface area contributed by atoms with Crippen molar-refractivity contribution < 1.29 is 14.7 Å². The number of carboxylic acids is 1. The maximum Gasteiger partial charge on any atom is 0.336 e. The fourth-order valence-corrected chi connectivity index (χ4v) is 2.88. The maximum atomic E-state index is 13.1. The van der Waals surface area contributed by atoms with Crippen molar-refractivity contribution >= 4 is 17.3 Å². The standard InChI is InChI=1S/C23H18O3/c24-22(19-14-8-3-9-15-19)20(16-17-10-4-1-5-11-17)21(23(25)26)18-12-6-2-7-13-18/h1-15H,16H2,(H,25,26). The predicted molar refractivity (Wildman–Crippen MR) is 102 cm³/mol. The van der Waals surface area contributed by atoms with Gasteiger partial charge in [-0.15, -0.1) is 0 Å². The number of carbonyl (C=O) groups excluding carboxylic acids is 1. The Bertz CT molecular complexity index is 927. The van der Waals surface area contributed by atoms with Crippen LogP contribution in [-0.2, 0) is 11.2 Å². The molecule has 0 spiro atoms. The van der Waals surface area contributed by atoms with E-state index in [0.717, 1.165) is 5.56 Å². The van der Waals surface area contributed by atoms with Gasteiger partial charge in [0.1, 0.15) is 0 Å². The summed E-state index contributed by atoms with van der Waals surface area (Å²) in [5, 5.41) is 9.86. The van der Waals surface area contributed by atoms with E-state index in [1.54, 1.807) is 48.5 Å². The molecule has 3 rings (SSSR count). The number of benzene rings is 3. The van der Waals surface area contributed by atoms with E-state index in [2.05, 4.69) is 0 Å². The summed E-state index contributed by atoms with van der Waals surface area (Å²) in [6, 6.07) is 27.0. The molecule has 0 atom stereocenters. The first-order valence-corrected chi connectivity index (χ1v) is 8.32. The van der Waals surface area contributed by atoms with Gasteiger partial charge in [0.05, 0.1) is 5.57 Å². The van der Waals surface area contributed by atoms with Crippen molar-refractivity contribution in [3.8, 4) is 0 Å². The third kappa shape index (κ3) is 3.95. The third-order valence-corrected chi connectivity index (χ3v) is 4.11. The smallest absolute Gasteiger partial charge is 0.336 e. The van der Waals surface area contributed by atoms with Gasteiger partial charge in [-0.3, -0.25) is 4.79 Å². The SMILES string of the molecule is O=C(O)C(=C(Cc1ccccc1)C(=O)c1ccccc1)c1ccccc1. The summed E-state index contributed by atoms with van der Waals surface area (Å²) >= 11 is 0. The van der Waals surface area contributed by atoms with Crippen LogP contribution < -0.4 is 0 Å². The van der Waals surface area contributed by atoms with Crippen molar-refractivity contribution in [2.45, 2.75) is 6.42 Å². The summed E-state index contributed by atoms with van der Waals surface area (Å²) in [5.41, 5.74) is 2.22. The van der Waals surface area contributed by atoms with Crippen molar-refractivity contribution in [2.24, 2.45) is 0 Å². The first-order chi connectivity index (χ1) is 12.7. The Morgan fingerprint density at radius 2 is 1.12 bits per heavy atom. The average Bonchev–Trinajstić information content (AvgIpc) is 2.69. The number of ketones is 1. The van der Waals surface area contributed by atoms with Crippen LogP contribution in [0.1, 0.15) is 21.5 Å². The van der Waals surface area contributed by atoms with Crippen molar-refractivity contribution in [1.29, 1.82) is 0 Å². The van der Waals surface area contributed by atoms with Crippen molar-refractivity contribution in [3.63, 3.8) is 0 Å². The molecule has 1 N–H and O–H groups in total. The summed E-state index contributed by atoms with van der Waals surface area (Å²) < 4.78 is 0. The lowest BCUT2D eigenvalue weighted by molar-refractivity contribution is -0.130. The minimum atomic E-state index is -1.11. The predicted octanol–water partition coefficient (Wildman–Crippen LogP) is 4.65. The van der Waals surface area contributed by atoms with Crippen molar-refractivity contribution in [3.05, 3.63) is 113 Å². The molecule has 3 aromatic carbocycles. The Hall–Kier alpha value is -3.46. The van der Waals surface area contributed by atoms with E-state index < -0.39 is 5.97 Å². The fraction of sp³-hybridized carbons (Fsp3) is 0.0435. The highest BCUT2D eigenvalue weighted by molar-refractivity contribution is 6.26. The van der Waals surface area contributed by atoms with E-state index >= 15 is 0 Å². The molecular weight excluding hydrogens is 324 g/mol. The Balaban J connectivity index is 2.18. The molecule has 0 saturated carbocycles. The van der Waals surface area contributed by atoms with Gasteiger partial charge in [0.2, 0.25) is 0 Å². The molecule has 3 aromatic rings. The molecule has 0 aliphatic rings. The highest BCUT2D eigenvalue weighted by Gasteiger charge is 2.23. The molecule has 0 aliphatic heterocycles. The molecule has 3 nitrogen and oxygen atoms in total. The quantitative estimate of drug-likeness (QED) is 0.524. The van der Waals surface area contributed by atoms with Gasteiger partial charge >= 0.3 is 5.97 Å². The molecule has 0 saturated heterocycles. The van der Waals surface area contributed by atoms with E-state index in [1.807, 2.05) is 42.5 Å². The first kappa shape index (κ1) is 17.4. The van der Waals surface area contributed by atoms with Crippen LogP contribution in [0.25, 0.3) is 5.57 Å². The number of Topliss-reactive ketones (excluding diaryl/α,β-unsaturated/α-hetero) is 1. The molecule has 0 aromatic heterocycles. The van der Waals surface area contributed by atoms with E-state index in [1.165, 1.54) is 0 Å². The van der Waals surface area contributed by atoms with Gasteiger partial charge in [-0.05, 0) is 11.1 Å². The Kier molecular flexibility index (Phi) is 5.40. The second-order valence-corrected chi connectivity index (χ2v) is 5.88. The number of carboxylic acid groups (broad SMARTS) is 1. The molecule has 128 valence electrons. The minimum absolute atomic E-state index is 0.0447. The zero-order chi connectivity index (χ0) is 18.4. The van der Waals surface area contributed by atoms with Crippen LogP contribution in [0.2, 0.25) is 0 Å². The van der Waals surface area contributed by atoms with Crippen LogP contribution in [0.5, 0.6) is 0 Å². The number of aliphatic carboxylic acids is 1. The Morgan fingerprint density at radius 3 is 1.62 bits per heavy atom. The van der Waals surface area contributed by atoms with Crippen LogP contribution in [-0.4, -0.2) is 16.9 Å². The molecular formula is C23H18O3. The van der Waals surface area contributed by atoms with Crippen molar-refractivity contribution in [1.82, 2.24) is 0 Å². The Labute approximate surface area is 152 Å². The van der Waals surface area contributed by atoms with E-state index in [0.29, 0.717) is 11.1 Å². The largest absolute Gasteiger partial charge is 0.478 e. The molecule has 0 bridgehead atoms. The second-order valence-electron chi connectivity index (χ2n) is 5.88. The summed E-state index contributed by atoms with van der Waals surface area (Å²) in [6.45, 7) is 0. The lowest BCUT2D eigenvalue weighted by Gasteiger charge is -2.13. The number of rotatable bonds is 6. The topological polar surface area (TPSA) is 54.4 Å². The van der Waals surface area contributed by atoms with E-state index in [-0.39, 0.29) is 23.4 Å². The van der Waals surface area contributed by atoms with Crippen LogP contribution in [0.4, 0.5) is 0 Å². The summed E-state index contributed by atoms with van der Waals surface area (Å²) in [7, 11) is 0. The van der Waals surface area contributed by atoms with Crippen molar-refractivity contribution in [2.75, 3.05) is 0 Å². The highest BCUT2D eigenvalue weighted by atomic mass is 16.4. The number of hydrogen-bond donors (Lipinski definition) is 1. The fourth-order valence-electron chi connectivity index (χ4n) is 2.88. The van der Waals surface area contributed by atoms with Gasteiger partial charge in [-0.2, -0.15) is 0 Å². The number of allylic oxidation sites excluding steroid dienone is 1. The highest BCUT2D eigenvalue weighted by Crippen LogP contribution is 2.25. The number of hydrogen-bond acceptors (Lipinski definition) is 2. The normalized spacial score (nSPS) is 11.5. The third-order valence-electron chi connectivity index (χ3n) is 4.11. The van der Waals surface area contributed by atoms with Crippen LogP contribution in [0.15, 0.2) is 96.6 Å². The monoisotopic (exact) mass is 342 g/mol. The lowest BCUT2D eigenvalue weighted by Crippen LogP contribution is -2.14. The van der Waals surface area contributed by atoms with Crippen LogP contribution >= 0.6 is 0 Å². The van der Waals surface area contributed by atoms with E-state index in [4.69, 9.17) is 0 Å². The maximum absolute atomic E-state index is 13.1. The molecule has 0 heterocycles. The molecule has 0 unspecified atom stereocenters. The van der Waals surface area contributed by atoms with Gasteiger partial charge in [0.25, 0.3) is 0 Å². The minimum Gasteiger partial charge on any atom is -0.478 e. The second kappa shape index (κ2) is 8.08. The van der Waals surface area contributed by atoms with Gasteiger partial charge in [-0.25, -0.2) is 4.79 Å². The summed E-state index contributed by atoms with van der Waals surface area (Å²) in [4.78, 5) is 25.2. The number of carbonyl (C=O) groups is 2. The molecule has 0 amide bonds. The van der Waals surface area contributed by atoms with Crippen LogP contribution in [0.3, 0.4) is 0 Å². The Morgan fingerprint density at radius 1 is 0.654 bits per heavy atom. The van der Waals surface area contributed by atoms with Crippen LogP contribution in [0, 0.1) is 0 Å². The lowest BCUT2D eigenvalue weighted by atomic mass is 9.89. The molecule has 26 heavy (non-hydrogen) atoms. The molecule has 0 fully saturated rings. The summed E-state index contributed by atoms with van der Waals surface area (Å²) in [5.74, 6) is -1.37. The van der Waals surface area contributed by atoms with Gasteiger partial charge in [-0.1, -0.05) is 91.0 Å². The van der Waals surface area contributed by atoms with Gasteiger partial charge < -0.3 is 5.11 Å². The molecule has 3 heteroatoms. The van der Waals surface area contributed by atoms with E-state index in [9.17, 15) is 14.7 Å². The average molecular weight is 342 g/mol. The first-order valence-electron chi connectivity index (χ1n) is 8.32. The van der Waals surface area contributed by atoms with Gasteiger partial charge in [0.15, 0.2) is 5.78 Å². The zero-order valence-corrected chi connectivity index (χ0v) is 14.1. The zero-order valence-electron chi connectivity index (χ0n) is 14.1.